The fraction of sp³-hybridized carbons (Fsp3) is 0.235. The molecule has 0 aliphatic heterocycles. The zero-order valence-electron chi connectivity index (χ0n) is 24.1. The van der Waals surface area contributed by atoms with Crippen LogP contribution >= 0.6 is 11.6 Å². The molecular weight excluding hydrogens is 540 g/mol. The largest absolute Gasteiger partial charge is 0.497 e. The highest BCUT2D eigenvalue weighted by Crippen LogP contribution is 2.22. The van der Waals surface area contributed by atoms with Crippen LogP contribution in [0.25, 0.3) is 0 Å². The van der Waals surface area contributed by atoms with E-state index in [9.17, 15) is 9.59 Å². The average molecular weight is 577 g/mol. The van der Waals surface area contributed by atoms with Crippen molar-refractivity contribution in [2.24, 2.45) is 0 Å². The first kappa shape index (κ1) is 33.1. The summed E-state index contributed by atoms with van der Waals surface area (Å²) >= 11 is 5.61. The fourth-order valence-corrected chi connectivity index (χ4v) is 3.75. The van der Waals surface area contributed by atoms with E-state index in [0.29, 0.717) is 12.0 Å². The van der Waals surface area contributed by atoms with Crippen LogP contribution in [-0.2, 0) is 6.61 Å². The SMILES string of the molecule is CCC(=O)c1ccc(OC)cc1.COc1ccc(C(=O)C(C)c2ccc(CO)cc2)cc1.COc1ccc(Cl)cc1. The lowest BCUT2D eigenvalue weighted by atomic mass is 9.92. The smallest absolute Gasteiger partial charge is 0.170 e. The van der Waals surface area contributed by atoms with Crippen LogP contribution in [0.3, 0.4) is 0 Å². The number of halogens is 1. The van der Waals surface area contributed by atoms with Gasteiger partial charge in [0.25, 0.3) is 0 Å². The summed E-state index contributed by atoms with van der Waals surface area (Å²) in [4.78, 5) is 23.6. The van der Waals surface area contributed by atoms with Crippen LogP contribution < -0.4 is 14.2 Å². The van der Waals surface area contributed by atoms with Gasteiger partial charge in [0, 0.05) is 28.5 Å². The molecule has 1 atom stereocenters. The van der Waals surface area contributed by atoms with Crippen molar-refractivity contribution in [1.29, 1.82) is 0 Å². The summed E-state index contributed by atoms with van der Waals surface area (Å²) in [5, 5.41) is 9.76. The maximum atomic E-state index is 12.4. The third-order valence-electron chi connectivity index (χ3n) is 6.21. The van der Waals surface area contributed by atoms with Gasteiger partial charge in [0.15, 0.2) is 11.6 Å². The van der Waals surface area contributed by atoms with Gasteiger partial charge in [0.1, 0.15) is 17.2 Å². The molecule has 216 valence electrons. The molecule has 0 aliphatic rings. The Hall–Kier alpha value is -4.13. The molecule has 0 bridgehead atoms. The number of aliphatic hydroxyl groups excluding tert-OH is 1. The van der Waals surface area contributed by atoms with E-state index in [0.717, 1.165) is 39.0 Å². The first-order valence-electron chi connectivity index (χ1n) is 13.1. The number of ether oxygens (including phenoxy) is 3. The molecule has 0 heterocycles. The van der Waals surface area contributed by atoms with Crippen LogP contribution in [0.1, 0.15) is 58.0 Å². The fourth-order valence-electron chi connectivity index (χ4n) is 3.62. The van der Waals surface area contributed by atoms with E-state index in [1.807, 2.05) is 50.2 Å². The summed E-state index contributed by atoms with van der Waals surface area (Å²) in [6.45, 7) is 3.76. The minimum absolute atomic E-state index is 0.0150. The van der Waals surface area contributed by atoms with Gasteiger partial charge >= 0.3 is 0 Å². The van der Waals surface area contributed by atoms with E-state index < -0.39 is 0 Å². The number of hydrogen-bond donors (Lipinski definition) is 1. The first-order valence-corrected chi connectivity index (χ1v) is 13.5. The van der Waals surface area contributed by atoms with Crippen molar-refractivity contribution in [2.75, 3.05) is 21.3 Å². The minimum Gasteiger partial charge on any atom is -0.497 e. The Bertz CT molecular complexity index is 1330. The van der Waals surface area contributed by atoms with E-state index in [-0.39, 0.29) is 24.1 Å². The van der Waals surface area contributed by atoms with Gasteiger partial charge in [0.05, 0.1) is 27.9 Å². The molecule has 1 unspecified atom stereocenters. The van der Waals surface area contributed by atoms with Crippen LogP contribution in [0.2, 0.25) is 5.02 Å². The van der Waals surface area contributed by atoms with Gasteiger partial charge in [-0.05, 0) is 83.9 Å². The predicted molar refractivity (Wildman–Crippen MR) is 164 cm³/mol. The molecule has 0 fully saturated rings. The van der Waals surface area contributed by atoms with Gasteiger partial charge in [-0.2, -0.15) is 0 Å². The van der Waals surface area contributed by atoms with Crippen LogP contribution in [0.15, 0.2) is 97.1 Å². The van der Waals surface area contributed by atoms with Crippen molar-refractivity contribution in [3.05, 3.63) is 124 Å². The van der Waals surface area contributed by atoms with Crippen LogP contribution in [-0.4, -0.2) is 38.0 Å². The number of rotatable bonds is 9. The maximum absolute atomic E-state index is 12.4. The zero-order valence-corrected chi connectivity index (χ0v) is 24.9. The average Bonchev–Trinajstić information content (AvgIpc) is 3.04. The Balaban J connectivity index is 0.000000237. The molecule has 0 amide bonds. The van der Waals surface area contributed by atoms with E-state index in [1.165, 1.54) is 0 Å². The van der Waals surface area contributed by atoms with Gasteiger partial charge in [-0.25, -0.2) is 0 Å². The summed E-state index contributed by atoms with van der Waals surface area (Å²) in [6, 6.07) is 29.0. The third kappa shape index (κ3) is 10.7. The Labute approximate surface area is 247 Å². The lowest BCUT2D eigenvalue weighted by Gasteiger charge is -2.12. The van der Waals surface area contributed by atoms with Crippen LogP contribution in [0, 0.1) is 0 Å². The van der Waals surface area contributed by atoms with Crippen molar-refractivity contribution in [3.8, 4) is 17.2 Å². The second kappa shape index (κ2) is 17.5. The molecule has 0 aromatic heterocycles. The van der Waals surface area contributed by atoms with Crippen molar-refractivity contribution < 1.29 is 28.9 Å². The second-order valence-electron chi connectivity index (χ2n) is 8.88. The van der Waals surface area contributed by atoms with Crippen molar-refractivity contribution in [2.45, 2.75) is 32.8 Å². The molecule has 6 nitrogen and oxygen atoms in total. The summed E-state index contributed by atoms with van der Waals surface area (Å²) < 4.78 is 15.0. The summed E-state index contributed by atoms with van der Waals surface area (Å²) in [5.74, 6) is 2.38. The van der Waals surface area contributed by atoms with Crippen molar-refractivity contribution in [3.63, 3.8) is 0 Å². The second-order valence-corrected chi connectivity index (χ2v) is 9.31. The topological polar surface area (TPSA) is 82.1 Å². The molecular formula is C34H37ClO6. The number of methoxy groups -OCH3 is 3. The Kier molecular flexibility index (Phi) is 14.1. The Morgan fingerprint density at radius 3 is 1.49 bits per heavy atom. The van der Waals surface area contributed by atoms with Crippen molar-refractivity contribution >= 4 is 23.2 Å². The molecule has 1 N–H and O–H groups in total. The van der Waals surface area contributed by atoms with E-state index in [1.54, 1.807) is 82.0 Å². The Morgan fingerprint density at radius 2 is 1.10 bits per heavy atom. The number of ketones is 2. The number of carbonyl (C=O) groups excluding carboxylic acids is 2. The molecule has 4 aromatic rings. The molecule has 7 heteroatoms. The van der Waals surface area contributed by atoms with Gasteiger partial charge < -0.3 is 19.3 Å². The molecule has 4 aromatic carbocycles. The molecule has 0 saturated heterocycles. The monoisotopic (exact) mass is 576 g/mol. The van der Waals surface area contributed by atoms with E-state index in [2.05, 4.69) is 0 Å². The highest BCUT2D eigenvalue weighted by molar-refractivity contribution is 6.30. The lowest BCUT2D eigenvalue weighted by molar-refractivity contribution is 0.0963. The standard InChI is InChI=1S/C17H18O3.C10H12O2.C7H7ClO/c1-12(14-5-3-13(11-18)4-6-14)17(19)15-7-9-16(20-2)10-8-15;1-3-10(11)8-4-6-9(12-2)7-5-8;1-9-7-4-2-6(8)3-5-7/h3-10,12,18H,11H2,1-2H3;4-7H,3H2,1-2H3;2-5H,1H3. The molecule has 0 aliphatic carbocycles. The summed E-state index contributed by atoms with van der Waals surface area (Å²) in [5.41, 5.74) is 3.21. The first-order chi connectivity index (χ1) is 19.8. The number of aliphatic hydroxyl groups is 1. The maximum Gasteiger partial charge on any atom is 0.170 e. The molecule has 0 spiro atoms. The van der Waals surface area contributed by atoms with Gasteiger partial charge in [-0.1, -0.05) is 49.7 Å². The normalized spacial score (nSPS) is 10.6. The van der Waals surface area contributed by atoms with Crippen LogP contribution in [0.4, 0.5) is 0 Å². The third-order valence-corrected chi connectivity index (χ3v) is 6.46. The van der Waals surface area contributed by atoms with Gasteiger partial charge in [0.2, 0.25) is 0 Å². The highest BCUT2D eigenvalue weighted by atomic mass is 35.5. The zero-order chi connectivity index (χ0) is 30.2. The van der Waals surface area contributed by atoms with Crippen LogP contribution in [0.5, 0.6) is 17.2 Å². The van der Waals surface area contributed by atoms with E-state index >= 15 is 0 Å². The predicted octanol–water partition coefficient (Wildman–Crippen LogP) is 7.81. The molecule has 41 heavy (non-hydrogen) atoms. The lowest BCUT2D eigenvalue weighted by Crippen LogP contribution is -2.09. The van der Waals surface area contributed by atoms with Gasteiger partial charge in [-0.15, -0.1) is 0 Å². The molecule has 4 rings (SSSR count). The summed E-state index contributed by atoms with van der Waals surface area (Å²) in [6.07, 6.45) is 0.548. The quantitative estimate of drug-likeness (QED) is 0.205. The number of benzene rings is 4. The number of carbonyl (C=O) groups is 2. The molecule has 0 saturated carbocycles. The summed E-state index contributed by atoms with van der Waals surface area (Å²) in [7, 11) is 4.84. The minimum atomic E-state index is -0.212. The number of hydrogen-bond acceptors (Lipinski definition) is 6. The Morgan fingerprint density at radius 1 is 0.683 bits per heavy atom. The number of Topliss-reactive ketones (excluding diaryl/α,β-unsaturated/α-hetero) is 2. The van der Waals surface area contributed by atoms with E-state index in [4.69, 9.17) is 30.9 Å². The molecule has 0 radical (unpaired) electrons. The van der Waals surface area contributed by atoms with Crippen molar-refractivity contribution in [1.82, 2.24) is 0 Å². The highest BCUT2D eigenvalue weighted by Gasteiger charge is 2.17. The van der Waals surface area contributed by atoms with Gasteiger partial charge in [-0.3, -0.25) is 9.59 Å².